The average Bonchev–Trinajstić information content (AvgIpc) is 3.15. The number of anilines is 1. The molecule has 0 unspecified atom stereocenters. The third-order valence-corrected chi connectivity index (χ3v) is 5.88. The highest BCUT2D eigenvalue weighted by molar-refractivity contribution is 5.93. The maximum absolute atomic E-state index is 12.5. The summed E-state index contributed by atoms with van der Waals surface area (Å²) in [5.74, 6) is 0.00168. The largest absolute Gasteiger partial charge is 0.325 e. The number of piperazine rings is 1. The first-order valence-electron chi connectivity index (χ1n) is 10.3. The van der Waals surface area contributed by atoms with Crippen LogP contribution in [0.3, 0.4) is 0 Å². The van der Waals surface area contributed by atoms with Crippen LogP contribution >= 0.6 is 0 Å². The van der Waals surface area contributed by atoms with Gasteiger partial charge in [-0.1, -0.05) is 12.1 Å². The van der Waals surface area contributed by atoms with Gasteiger partial charge in [0.1, 0.15) is 0 Å². The minimum absolute atomic E-state index is 0.00168. The van der Waals surface area contributed by atoms with Crippen molar-refractivity contribution in [3.05, 3.63) is 63.8 Å². The summed E-state index contributed by atoms with van der Waals surface area (Å²) in [6, 6.07) is 10.7. The molecule has 0 aliphatic carbocycles. The van der Waals surface area contributed by atoms with Crippen molar-refractivity contribution in [2.75, 3.05) is 38.0 Å². The zero-order valence-corrected chi connectivity index (χ0v) is 17.7. The molecule has 2 aromatic carbocycles. The zero-order valence-electron chi connectivity index (χ0n) is 17.7. The van der Waals surface area contributed by atoms with Crippen molar-refractivity contribution >= 4 is 28.2 Å². The van der Waals surface area contributed by atoms with Crippen LogP contribution in [0.2, 0.25) is 0 Å². The number of aromatic nitrogens is 2. The van der Waals surface area contributed by atoms with Gasteiger partial charge in [0.2, 0.25) is 5.91 Å². The molecule has 0 radical (unpaired) electrons. The molecule has 3 aromatic rings. The number of nitrogens with one attached hydrogen (secondary N) is 1. The highest BCUT2D eigenvalue weighted by Crippen LogP contribution is 2.21. The number of nitrogens with zero attached hydrogens (tertiary/aromatic N) is 5. The van der Waals surface area contributed by atoms with Gasteiger partial charge >= 0.3 is 0 Å². The van der Waals surface area contributed by atoms with Crippen LogP contribution in [-0.2, 0) is 11.5 Å². The van der Waals surface area contributed by atoms with Gasteiger partial charge in [-0.05, 0) is 37.1 Å². The highest BCUT2D eigenvalue weighted by Gasteiger charge is 2.20. The second kappa shape index (κ2) is 8.83. The first kappa shape index (κ1) is 21.0. The quantitative estimate of drug-likeness (QED) is 0.485. The number of aryl methyl sites for hydroxylation is 1. The van der Waals surface area contributed by atoms with E-state index >= 15 is 0 Å². The van der Waals surface area contributed by atoms with Gasteiger partial charge in [-0.2, -0.15) is 5.10 Å². The molecule has 0 atom stereocenters. The van der Waals surface area contributed by atoms with E-state index in [2.05, 4.69) is 20.2 Å². The first-order valence-corrected chi connectivity index (χ1v) is 10.3. The Morgan fingerprint density at radius 1 is 1.13 bits per heavy atom. The number of hydrogen-bond acceptors (Lipinski definition) is 6. The van der Waals surface area contributed by atoms with Crippen molar-refractivity contribution in [1.82, 2.24) is 19.6 Å². The Bertz CT molecular complexity index is 1120. The van der Waals surface area contributed by atoms with Crippen molar-refractivity contribution in [2.45, 2.75) is 20.5 Å². The van der Waals surface area contributed by atoms with E-state index in [9.17, 15) is 14.9 Å². The molecule has 0 saturated carbocycles. The van der Waals surface area contributed by atoms with Gasteiger partial charge in [0.05, 0.1) is 29.9 Å². The number of fused-ring (bicyclic) bond motifs is 1. The second-order valence-corrected chi connectivity index (χ2v) is 7.98. The van der Waals surface area contributed by atoms with Crippen LogP contribution in [0.25, 0.3) is 10.9 Å². The second-order valence-electron chi connectivity index (χ2n) is 7.98. The number of carbonyl (C=O) groups excluding carboxylic acids is 1. The van der Waals surface area contributed by atoms with Gasteiger partial charge in [-0.3, -0.25) is 29.4 Å². The number of nitro benzene ring substituents is 1. The van der Waals surface area contributed by atoms with Gasteiger partial charge < -0.3 is 5.32 Å². The Morgan fingerprint density at radius 2 is 1.87 bits per heavy atom. The number of non-ortho nitro benzene ring substituents is 1. The van der Waals surface area contributed by atoms with Gasteiger partial charge in [0, 0.05) is 49.4 Å². The van der Waals surface area contributed by atoms with E-state index < -0.39 is 4.92 Å². The van der Waals surface area contributed by atoms with Crippen molar-refractivity contribution in [1.29, 1.82) is 0 Å². The summed E-state index contributed by atoms with van der Waals surface area (Å²) < 4.78 is 1.86. The molecule has 1 N–H and O–H groups in total. The Balaban J connectivity index is 1.30. The summed E-state index contributed by atoms with van der Waals surface area (Å²) in [7, 11) is 0. The lowest BCUT2D eigenvalue weighted by molar-refractivity contribution is -0.384. The number of carbonyl (C=O) groups is 1. The standard InChI is InChI=1S/C22H26N6O3/c1-16-4-3-5-20(17(16)2)24-22(29)14-25-8-10-26(11-9-25)15-27-21-7-6-19(28(30)31)12-18(21)13-23-27/h3-7,12-13H,8-11,14-15H2,1-2H3,(H,24,29). The number of hydrogen-bond donors (Lipinski definition) is 1. The Labute approximate surface area is 180 Å². The molecule has 1 aliphatic heterocycles. The van der Waals surface area contributed by atoms with E-state index in [1.54, 1.807) is 18.3 Å². The molecule has 1 amide bonds. The fourth-order valence-corrected chi connectivity index (χ4v) is 3.86. The molecule has 0 bridgehead atoms. The fourth-order valence-electron chi connectivity index (χ4n) is 3.86. The van der Waals surface area contributed by atoms with Crippen molar-refractivity contribution in [3.63, 3.8) is 0 Å². The summed E-state index contributed by atoms with van der Waals surface area (Å²) in [4.78, 5) is 27.5. The monoisotopic (exact) mass is 422 g/mol. The van der Waals surface area contributed by atoms with Crippen LogP contribution in [0, 0.1) is 24.0 Å². The molecule has 0 spiro atoms. The molecule has 1 aliphatic rings. The van der Waals surface area contributed by atoms with E-state index in [1.165, 1.54) is 6.07 Å². The zero-order chi connectivity index (χ0) is 22.0. The van der Waals surface area contributed by atoms with Crippen LogP contribution in [0.15, 0.2) is 42.6 Å². The molecule has 9 nitrogen and oxygen atoms in total. The lowest BCUT2D eigenvalue weighted by Crippen LogP contribution is -2.48. The lowest BCUT2D eigenvalue weighted by Gasteiger charge is -2.34. The van der Waals surface area contributed by atoms with E-state index in [0.29, 0.717) is 13.2 Å². The van der Waals surface area contributed by atoms with Gasteiger partial charge in [-0.25, -0.2) is 0 Å². The lowest BCUT2D eigenvalue weighted by atomic mass is 10.1. The van der Waals surface area contributed by atoms with E-state index in [-0.39, 0.29) is 11.6 Å². The van der Waals surface area contributed by atoms with Gasteiger partial charge in [0.25, 0.3) is 5.69 Å². The van der Waals surface area contributed by atoms with Crippen molar-refractivity contribution in [3.8, 4) is 0 Å². The third kappa shape index (κ3) is 4.73. The number of rotatable bonds is 6. The maximum Gasteiger partial charge on any atom is 0.270 e. The minimum atomic E-state index is -0.396. The smallest absolute Gasteiger partial charge is 0.270 e. The minimum Gasteiger partial charge on any atom is -0.325 e. The molecular formula is C22H26N6O3. The third-order valence-electron chi connectivity index (χ3n) is 5.88. The molecule has 1 saturated heterocycles. The van der Waals surface area contributed by atoms with Crippen LogP contribution < -0.4 is 5.32 Å². The summed E-state index contributed by atoms with van der Waals surface area (Å²) in [6.07, 6.45) is 1.66. The predicted molar refractivity (Wildman–Crippen MR) is 119 cm³/mol. The Kier molecular flexibility index (Phi) is 5.97. The SMILES string of the molecule is Cc1cccc(NC(=O)CN2CCN(Cn3ncc4cc([N+](=O)[O-])ccc43)CC2)c1C. The van der Waals surface area contributed by atoms with E-state index in [0.717, 1.165) is 53.9 Å². The molecule has 9 heteroatoms. The van der Waals surface area contributed by atoms with Crippen LogP contribution in [0.4, 0.5) is 11.4 Å². The molecule has 162 valence electrons. The van der Waals surface area contributed by atoms with Gasteiger partial charge in [-0.15, -0.1) is 0 Å². The van der Waals surface area contributed by atoms with Crippen molar-refractivity contribution < 1.29 is 9.72 Å². The Hall–Kier alpha value is -3.30. The number of nitro groups is 1. The first-order chi connectivity index (χ1) is 14.9. The summed E-state index contributed by atoms with van der Waals surface area (Å²) >= 11 is 0. The van der Waals surface area contributed by atoms with Crippen molar-refractivity contribution in [2.24, 2.45) is 0 Å². The number of benzene rings is 2. The van der Waals surface area contributed by atoms with Gasteiger partial charge in [0.15, 0.2) is 0 Å². The van der Waals surface area contributed by atoms with Crippen LogP contribution in [0.1, 0.15) is 11.1 Å². The van der Waals surface area contributed by atoms with Crippen LogP contribution in [0.5, 0.6) is 0 Å². The summed E-state index contributed by atoms with van der Waals surface area (Å²) in [5, 5.41) is 19.1. The topological polar surface area (TPSA) is 96.5 Å². The normalized spacial score (nSPS) is 15.3. The molecule has 4 rings (SSSR count). The maximum atomic E-state index is 12.5. The Morgan fingerprint density at radius 3 is 2.61 bits per heavy atom. The van der Waals surface area contributed by atoms with E-state index in [1.807, 2.05) is 36.7 Å². The van der Waals surface area contributed by atoms with E-state index in [4.69, 9.17) is 0 Å². The molecule has 2 heterocycles. The molecule has 1 fully saturated rings. The summed E-state index contributed by atoms with van der Waals surface area (Å²) in [5.41, 5.74) is 4.07. The molecule has 1 aromatic heterocycles. The average molecular weight is 422 g/mol. The fraction of sp³-hybridized carbons (Fsp3) is 0.364. The highest BCUT2D eigenvalue weighted by atomic mass is 16.6. The predicted octanol–water partition coefficient (Wildman–Crippen LogP) is 2.78. The summed E-state index contributed by atoms with van der Waals surface area (Å²) in [6.45, 7) is 8.28. The molecule has 31 heavy (non-hydrogen) atoms. The van der Waals surface area contributed by atoms with Crippen LogP contribution in [-0.4, -0.2) is 63.1 Å². The molecular weight excluding hydrogens is 396 g/mol. The number of amides is 1.